The molecule has 16 heavy (non-hydrogen) atoms. The topological polar surface area (TPSA) is 56.0 Å². The van der Waals surface area contributed by atoms with E-state index in [1.807, 2.05) is 30.3 Å². The summed E-state index contributed by atoms with van der Waals surface area (Å²) in [5.74, 6) is 0. The van der Waals surface area contributed by atoms with Gasteiger partial charge in [-0.05, 0) is 23.3 Å². The molecule has 1 aromatic heterocycles. The maximum Gasteiger partial charge on any atom is 0.124 e. The number of anilines is 1. The Morgan fingerprint density at radius 1 is 1.25 bits per heavy atom. The van der Waals surface area contributed by atoms with Crippen LogP contribution in [0.2, 0.25) is 0 Å². The minimum Gasteiger partial charge on any atom is -0.398 e. The summed E-state index contributed by atoms with van der Waals surface area (Å²) in [7, 11) is 0. The van der Waals surface area contributed by atoms with Crippen LogP contribution < -0.4 is 5.73 Å². The van der Waals surface area contributed by atoms with Gasteiger partial charge in [-0.2, -0.15) is 0 Å². The van der Waals surface area contributed by atoms with Crippen LogP contribution in [0.15, 0.2) is 42.7 Å². The number of aldehydes is 1. The van der Waals surface area contributed by atoms with Gasteiger partial charge in [0.15, 0.2) is 0 Å². The van der Waals surface area contributed by atoms with E-state index in [0.29, 0.717) is 12.1 Å². The highest BCUT2D eigenvalue weighted by atomic mass is 16.1. The Balaban J connectivity index is 2.38. The van der Waals surface area contributed by atoms with E-state index in [2.05, 4.69) is 4.98 Å². The zero-order chi connectivity index (χ0) is 11.4. The lowest BCUT2D eigenvalue weighted by Gasteiger charge is -2.05. The molecular weight excluding hydrogens is 200 g/mol. The molecule has 1 aromatic carbocycles. The molecule has 0 unspecified atom stereocenters. The highest BCUT2D eigenvalue weighted by Gasteiger charge is 2.02. The maximum absolute atomic E-state index is 10.4. The minimum absolute atomic E-state index is 0.360. The molecule has 3 nitrogen and oxygen atoms in total. The van der Waals surface area contributed by atoms with Crippen molar-refractivity contribution in [3.63, 3.8) is 0 Å². The Morgan fingerprint density at radius 3 is 2.75 bits per heavy atom. The fraction of sp³-hybridized carbons (Fsp3) is 0.0769. The van der Waals surface area contributed by atoms with Gasteiger partial charge < -0.3 is 10.5 Å². The number of nitrogen functional groups attached to an aromatic ring is 1. The first-order valence-electron chi connectivity index (χ1n) is 5.03. The lowest BCUT2D eigenvalue weighted by atomic mass is 10.0. The van der Waals surface area contributed by atoms with Gasteiger partial charge in [0.05, 0.1) is 0 Å². The first-order chi connectivity index (χ1) is 7.81. The molecule has 0 aliphatic carbocycles. The Hall–Kier alpha value is -2.16. The number of pyridine rings is 1. The molecule has 0 radical (unpaired) electrons. The SMILES string of the molecule is Nc1cc(-c2cccnc2)ccc1CC=O. The minimum atomic E-state index is 0.360. The number of hydrogen-bond acceptors (Lipinski definition) is 3. The van der Waals surface area contributed by atoms with E-state index in [1.165, 1.54) is 0 Å². The second-order valence-electron chi connectivity index (χ2n) is 3.53. The van der Waals surface area contributed by atoms with Crippen molar-refractivity contribution in [2.24, 2.45) is 0 Å². The summed E-state index contributed by atoms with van der Waals surface area (Å²) in [6.45, 7) is 0. The standard InChI is InChI=1S/C13H12N2O/c14-13-8-11(4-3-10(13)5-7-16)12-2-1-6-15-9-12/h1-4,6-9H,5,14H2. The van der Waals surface area contributed by atoms with E-state index in [1.54, 1.807) is 12.4 Å². The molecule has 80 valence electrons. The van der Waals surface area contributed by atoms with Crippen molar-refractivity contribution in [1.29, 1.82) is 0 Å². The summed E-state index contributed by atoms with van der Waals surface area (Å²) in [5, 5.41) is 0. The zero-order valence-electron chi connectivity index (χ0n) is 8.76. The summed E-state index contributed by atoms with van der Waals surface area (Å²) < 4.78 is 0. The first-order valence-corrected chi connectivity index (χ1v) is 5.03. The molecule has 0 spiro atoms. The van der Waals surface area contributed by atoms with E-state index in [4.69, 9.17) is 5.73 Å². The third-order valence-electron chi connectivity index (χ3n) is 2.44. The van der Waals surface area contributed by atoms with Crippen LogP contribution in [-0.4, -0.2) is 11.3 Å². The van der Waals surface area contributed by atoms with Gasteiger partial charge in [0.2, 0.25) is 0 Å². The molecule has 0 fully saturated rings. The molecule has 3 heteroatoms. The van der Waals surface area contributed by atoms with E-state index < -0.39 is 0 Å². The van der Waals surface area contributed by atoms with Gasteiger partial charge in [-0.1, -0.05) is 18.2 Å². The number of hydrogen-bond donors (Lipinski definition) is 1. The van der Waals surface area contributed by atoms with Crippen molar-refractivity contribution >= 4 is 12.0 Å². The van der Waals surface area contributed by atoms with Crippen molar-refractivity contribution in [3.05, 3.63) is 48.3 Å². The summed E-state index contributed by atoms with van der Waals surface area (Å²) in [6, 6.07) is 9.56. The average Bonchev–Trinajstić information content (AvgIpc) is 2.33. The number of nitrogens with zero attached hydrogens (tertiary/aromatic N) is 1. The van der Waals surface area contributed by atoms with Crippen molar-refractivity contribution < 1.29 is 4.79 Å². The van der Waals surface area contributed by atoms with Crippen LogP contribution in [0.5, 0.6) is 0 Å². The maximum atomic E-state index is 10.4. The van der Waals surface area contributed by atoms with Crippen molar-refractivity contribution in [2.75, 3.05) is 5.73 Å². The van der Waals surface area contributed by atoms with Crippen LogP contribution in [0.1, 0.15) is 5.56 Å². The molecule has 2 rings (SSSR count). The van der Waals surface area contributed by atoms with Gasteiger partial charge in [0.25, 0.3) is 0 Å². The molecule has 0 aliphatic rings. The Morgan fingerprint density at radius 2 is 2.12 bits per heavy atom. The molecule has 2 N–H and O–H groups in total. The predicted octanol–water partition coefficient (Wildman–Crippen LogP) is 2.07. The predicted molar refractivity (Wildman–Crippen MR) is 63.9 cm³/mol. The Bertz CT molecular complexity index is 495. The number of benzene rings is 1. The Kier molecular flexibility index (Phi) is 2.96. The molecule has 0 atom stereocenters. The Labute approximate surface area is 93.9 Å². The van der Waals surface area contributed by atoms with Gasteiger partial charge in [-0.15, -0.1) is 0 Å². The molecule has 1 heterocycles. The molecule has 0 saturated heterocycles. The molecule has 0 amide bonds. The average molecular weight is 212 g/mol. The van der Waals surface area contributed by atoms with E-state index in [-0.39, 0.29) is 0 Å². The molecule has 0 aliphatic heterocycles. The van der Waals surface area contributed by atoms with E-state index in [0.717, 1.165) is 23.0 Å². The summed E-state index contributed by atoms with van der Waals surface area (Å²) in [5.41, 5.74) is 9.41. The normalized spacial score (nSPS) is 10.0. The third-order valence-corrected chi connectivity index (χ3v) is 2.44. The van der Waals surface area contributed by atoms with Crippen LogP contribution in [0.25, 0.3) is 11.1 Å². The van der Waals surface area contributed by atoms with Gasteiger partial charge in [-0.25, -0.2) is 0 Å². The van der Waals surface area contributed by atoms with Crippen LogP contribution >= 0.6 is 0 Å². The van der Waals surface area contributed by atoms with Gasteiger partial charge in [0.1, 0.15) is 6.29 Å². The van der Waals surface area contributed by atoms with Crippen LogP contribution in [0.3, 0.4) is 0 Å². The third kappa shape index (κ3) is 2.08. The lowest BCUT2D eigenvalue weighted by Crippen LogP contribution is -1.95. The van der Waals surface area contributed by atoms with Gasteiger partial charge in [0, 0.05) is 30.1 Å². The van der Waals surface area contributed by atoms with E-state index in [9.17, 15) is 4.79 Å². The van der Waals surface area contributed by atoms with Crippen LogP contribution in [-0.2, 0) is 11.2 Å². The summed E-state index contributed by atoms with van der Waals surface area (Å²) in [6.07, 6.45) is 4.73. The van der Waals surface area contributed by atoms with Crippen molar-refractivity contribution in [2.45, 2.75) is 6.42 Å². The van der Waals surface area contributed by atoms with Crippen LogP contribution in [0.4, 0.5) is 5.69 Å². The molecular formula is C13H12N2O. The number of carbonyl (C=O) groups excluding carboxylic acids is 1. The second kappa shape index (κ2) is 4.57. The fourth-order valence-electron chi connectivity index (χ4n) is 1.58. The summed E-state index contributed by atoms with van der Waals surface area (Å²) in [4.78, 5) is 14.5. The molecule has 0 saturated carbocycles. The van der Waals surface area contributed by atoms with Gasteiger partial charge >= 0.3 is 0 Å². The zero-order valence-corrected chi connectivity index (χ0v) is 8.76. The smallest absolute Gasteiger partial charge is 0.124 e. The second-order valence-corrected chi connectivity index (χ2v) is 3.53. The van der Waals surface area contributed by atoms with Crippen LogP contribution in [0, 0.1) is 0 Å². The number of nitrogens with two attached hydrogens (primary N) is 1. The number of rotatable bonds is 3. The number of aromatic nitrogens is 1. The number of carbonyl (C=O) groups is 1. The molecule has 0 bridgehead atoms. The van der Waals surface area contributed by atoms with Crippen molar-refractivity contribution in [1.82, 2.24) is 4.98 Å². The first kappa shape index (κ1) is 10.4. The van der Waals surface area contributed by atoms with Crippen molar-refractivity contribution in [3.8, 4) is 11.1 Å². The molecule has 2 aromatic rings. The van der Waals surface area contributed by atoms with Gasteiger partial charge in [-0.3, -0.25) is 4.98 Å². The highest BCUT2D eigenvalue weighted by molar-refractivity contribution is 5.70. The lowest BCUT2D eigenvalue weighted by molar-refractivity contribution is -0.107. The fourth-order valence-corrected chi connectivity index (χ4v) is 1.58. The largest absolute Gasteiger partial charge is 0.398 e. The highest BCUT2D eigenvalue weighted by Crippen LogP contribution is 2.23. The quantitative estimate of drug-likeness (QED) is 0.626. The monoisotopic (exact) mass is 212 g/mol. The van der Waals surface area contributed by atoms with E-state index >= 15 is 0 Å². The summed E-state index contributed by atoms with van der Waals surface area (Å²) >= 11 is 0.